The van der Waals surface area contributed by atoms with Gasteiger partial charge in [0.15, 0.2) is 0 Å². The molecule has 0 bridgehead atoms. The highest BCUT2D eigenvalue weighted by Gasteiger charge is 2.18. The zero-order valence-corrected chi connectivity index (χ0v) is 47.0. The molecule has 0 aromatic heterocycles. The molecule has 0 aliphatic heterocycles. The van der Waals surface area contributed by atoms with Crippen LogP contribution in [0, 0.1) is 0 Å². The topological polar surface area (TPSA) is 95.9 Å². The van der Waals surface area contributed by atoms with E-state index in [0.29, 0.717) is 19.4 Å². The lowest BCUT2D eigenvalue weighted by Crippen LogP contribution is -2.45. The average Bonchev–Trinajstić information content (AvgIpc) is 3.36. The van der Waals surface area contributed by atoms with Gasteiger partial charge in [0.25, 0.3) is 0 Å². The number of carbonyl (C=O) groups excluding carboxylic acids is 2. The van der Waals surface area contributed by atoms with Gasteiger partial charge in [0.1, 0.15) is 0 Å². The van der Waals surface area contributed by atoms with Crippen molar-refractivity contribution in [2.45, 2.75) is 347 Å². The number of carbonyl (C=O) groups is 2. The van der Waals surface area contributed by atoms with Crippen LogP contribution in [0.25, 0.3) is 0 Å². The molecule has 6 nitrogen and oxygen atoms in total. The molecule has 0 saturated carbocycles. The van der Waals surface area contributed by atoms with Crippen LogP contribution in [-0.4, -0.2) is 47.4 Å². The van der Waals surface area contributed by atoms with E-state index in [1.807, 2.05) is 6.08 Å². The van der Waals surface area contributed by atoms with Gasteiger partial charge in [0.2, 0.25) is 5.91 Å². The number of aliphatic hydroxyl groups is 2. The number of rotatable bonds is 58. The Bertz CT molecular complexity index is 1130. The summed E-state index contributed by atoms with van der Waals surface area (Å²) in [7, 11) is 0. The molecule has 0 aromatic rings. The van der Waals surface area contributed by atoms with Crippen molar-refractivity contribution in [1.82, 2.24) is 5.32 Å². The quantitative estimate of drug-likeness (QED) is 0.0321. The van der Waals surface area contributed by atoms with Crippen molar-refractivity contribution in [1.29, 1.82) is 0 Å². The first-order valence-corrected chi connectivity index (χ1v) is 31.3. The Hall–Kier alpha value is -1.92. The van der Waals surface area contributed by atoms with Gasteiger partial charge in [0, 0.05) is 12.8 Å². The molecule has 2 atom stereocenters. The normalized spacial score (nSPS) is 12.8. The van der Waals surface area contributed by atoms with Crippen molar-refractivity contribution in [3.63, 3.8) is 0 Å². The standard InChI is InChI=1S/C64H121NO5/c1-3-5-7-9-11-13-15-36-40-44-48-52-56-62(67)61(60-66)65-63(68)57-53-49-45-41-37-34-32-30-28-26-24-22-20-18-17-19-21-23-25-27-29-31-33-35-39-43-47-51-55-59-70-64(69)58-54-50-46-42-38-16-14-12-10-8-6-4-2/h17,19,23,25,52,56,61-62,66-67H,3-16,18,20-22,24,26-51,53-55,57-60H2,1-2H3,(H,65,68)/b19-17-,25-23-,56-52+. The number of esters is 1. The summed E-state index contributed by atoms with van der Waals surface area (Å²) in [6, 6.07) is -0.627. The van der Waals surface area contributed by atoms with Crippen LogP contribution in [0.4, 0.5) is 0 Å². The number of amides is 1. The number of hydrogen-bond acceptors (Lipinski definition) is 5. The van der Waals surface area contributed by atoms with Crippen molar-refractivity contribution in [3.8, 4) is 0 Å². The highest BCUT2D eigenvalue weighted by Crippen LogP contribution is 2.17. The first-order chi connectivity index (χ1) is 34.5. The van der Waals surface area contributed by atoms with E-state index < -0.39 is 12.1 Å². The number of hydrogen-bond donors (Lipinski definition) is 3. The second-order valence-corrected chi connectivity index (χ2v) is 21.4. The van der Waals surface area contributed by atoms with Gasteiger partial charge in [0.05, 0.1) is 25.4 Å². The molecule has 70 heavy (non-hydrogen) atoms. The highest BCUT2D eigenvalue weighted by atomic mass is 16.5. The molecule has 2 unspecified atom stereocenters. The van der Waals surface area contributed by atoms with E-state index in [9.17, 15) is 19.8 Å². The van der Waals surface area contributed by atoms with E-state index in [2.05, 4.69) is 43.5 Å². The largest absolute Gasteiger partial charge is 0.466 e. The molecule has 0 aliphatic rings. The first-order valence-electron chi connectivity index (χ1n) is 31.3. The summed E-state index contributed by atoms with van der Waals surface area (Å²) in [5.74, 6) is -0.0568. The zero-order chi connectivity index (χ0) is 50.7. The summed E-state index contributed by atoms with van der Waals surface area (Å²) in [5.41, 5.74) is 0. The Kier molecular flexibility index (Phi) is 58.0. The molecule has 412 valence electrons. The monoisotopic (exact) mass is 984 g/mol. The maximum Gasteiger partial charge on any atom is 0.305 e. The Balaban J connectivity index is 3.41. The minimum atomic E-state index is -0.844. The number of ether oxygens (including phenoxy) is 1. The summed E-state index contributed by atoms with van der Waals surface area (Å²) in [4.78, 5) is 24.4. The fourth-order valence-corrected chi connectivity index (χ4v) is 9.61. The molecule has 1 amide bonds. The lowest BCUT2D eigenvalue weighted by Gasteiger charge is -2.20. The first kappa shape index (κ1) is 68.1. The molecular formula is C64H121NO5. The second-order valence-electron chi connectivity index (χ2n) is 21.4. The minimum Gasteiger partial charge on any atom is -0.466 e. The van der Waals surface area contributed by atoms with Crippen LogP contribution in [0.15, 0.2) is 36.5 Å². The average molecular weight is 985 g/mol. The third kappa shape index (κ3) is 55.4. The minimum absolute atomic E-state index is 0.0122. The third-order valence-electron chi connectivity index (χ3n) is 14.4. The van der Waals surface area contributed by atoms with Gasteiger partial charge in [-0.1, -0.05) is 294 Å². The molecule has 0 saturated heterocycles. The lowest BCUT2D eigenvalue weighted by atomic mass is 10.0. The molecule has 0 aliphatic carbocycles. The second kappa shape index (κ2) is 59.6. The van der Waals surface area contributed by atoms with Gasteiger partial charge >= 0.3 is 5.97 Å². The van der Waals surface area contributed by atoms with Crippen LogP contribution in [0.5, 0.6) is 0 Å². The molecule has 0 aromatic carbocycles. The lowest BCUT2D eigenvalue weighted by molar-refractivity contribution is -0.143. The van der Waals surface area contributed by atoms with Gasteiger partial charge in [-0.3, -0.25) is 9.59 Å². The SMILES string of the molecule is CCCCCCCCCCCC/C=C/C(O)C(CO)NC(=O)CCCCCCCCCCCCCCC/C=C\C/C=C\CCCCCCCCCCCOC(=O)CCCCCCCCCCCCCC. The van der Waals surface area contributed by atoms with Crippen molar-refractivity contribution in [3.05, 3.63) is 36.5 Å². The van der Waals surface area contributed by atoms with Gasteiger partial charge in [-0.25, -0.2) is 0 Å². The van der Waals surface area contributed by atoms with Gasteiger partial charge in [-0.15, -0.1) is 0 Å². The molecule has 0 spiro atoms. The van der Waals surface area contributed by atoms with E-state index in [-0.39, 0.29) is 18.5 Å². The van der Waals surface area contributed by atoms with Crippen molar-refractivity contribution < 1.29 is 24.5 Å². The van der Waals surface area contributed by atoms with Crippen LogP contribution in [0.3, 0.4) is 0 Å². The summed E-state index contributed by atoms with van der Waals surface area (Å²) >= 11 is 0. The Labute approximate surface area is 436 Å². The summed E-state index contributed by atoms with van der Waals surface area (Å²) in [5, 5.41) is 23.1. The Morgan fingerprint density at radius 1 is 0.400 bits per heavy atom. The van der Waals surface area contributed by atoms with Crippen LogP contribution in [-0.2, 0) is 14.3 Å². The molecule has 3 N–H and O–H groups in total. The highest BCUT2D eigenvalue weighted by molar-refractivity contribution is 5.76. The molecule has 6 heteroatoms. The molecule has 0 heterocycles. The van der Waals surface area contributed by atoms with E-state index in [4.69, 9.17) is 4.74 Å². The Morgan fingerprint density at radius 3 is 1.09 bits per heavy atom. The van der Waals surface area contributed by atoms with Crippen molar-refractivity contribution in [2.75, 3.05) is 13.2 Å². The molecule has 0 radical (unpaired) electrons. The molecule has 0 rings (SSSR count). The van der Waals surface area contributed by atoms with Crippen LogP contribution in [0.2, 0.25) is 0 Å². The summed E-state index contributed by atoms with van der Waals surface area (Å²) < 4.78 is 5.47. The maximum absolute atomic E-state index is 12.4. The van der Waals surface area contributed by atoms with E-state index in [1.165, 1.54) is 263 Å². The Morgan fingerprint density at radius 2 is 0.714 bits per heavy atom. The van der Waals surface area contributed by atoms with Gasteiger partial charge in [-0.05, 0) is 64.2 Å². The molecular weight excluding hydrogens is 863 g/mol. The third-order valence-corrected chi connectivity index (χ3v) is 14.4. The fourth-order valence-electron chi connectivity index (χ4n) is 9.61. The predicted molar refractivity (Wildman–Crippen MR) is 306 cm³/mol. The maximum atomic E-state index is 12.4. The van der Waals surface area contributed by atoms with Crippen molar-refractivity contribution >= 4 is 11.9 Å². The summed E-state index contributed by atoms with van der Waals surface area (Å²) in [6.07, 6.45) is 74.8. The zero-order valence-electron chi connectivity index (χ0n) is 47.0. The van der Waals surface area contributed by atoms with Gasteiger partial charge < -0.3 is 20.3 Å². The van der Waals surface area contributed by atoms with E-state index in [1.54, 1.807) is 6.08 Å². The molecule has 0 fully saturated rings. The number of nitrogens with one attached hydrogen (secondary N) is 1. The van der Waals surface area contributed by atoms with Crippen LogP contribution >= 0.6 is 0 Å². The fraction of sp³-hybridized carbons (Fsp3) is 0.875. The van der Waals surface area contributed by atoms with Crippen molar-refractivity contribution in [2.24, 2.45) is 0 Å². The predicted octanol–water partition coefficient (Wildman–Crippen LogP) is 19.6. The number of aliphatic hydroxyl groups excluding tert-OH is 2. The summed E-state index contributed by atoms with van der Waals surface area (Å²) in [6.45, 7) is 4.90. The van der Waals surface area contributed by atoms with Crippen LogP contribution < -0.4 is 5.32 Å². The smallest absolute Gasteiger partial charge is 0.305 e. The van der Waals surface area contributed by atoms with E-state index >= 15 is 0 Å². The number of allylic oxidation sites excluding steroid dienone is 5. The number of unbranched alkanes of at least 4 members (excludes halogenated alkanes) is 43. The van der Waals surface area contributed by atoms with Crippen LogP contribution in [0.1, 0.15) is 335 Å². The van der Waals surface area contributed by atoms with E-state index in [0.717, 1.165) is 44.9 Å². The van der Waals surface area contributed by atoms with Gasteiger partial charge in [-0.2, -0.15) is 0 Å².